The molecule has 1 atom stereocenters. The summed E-state index contributed by atoms with van der Waals surface area (Å²) >= 11 is 0. The zero-order chi connectivity index (χ0) is 15.2. The topological polar surface area (TPSA) is 68.2 Å². The molecule has 0 aliphatic carbocycles. The van der Waals surface area contributed by atoms with Crippen LogP contribution in [0.4, 0.5) is 10.7 Å². The SMILES string of the molecule is O=C(Nc1nccn1-c1ccccc1)NC1CCCOCC1. The van der Waals surface area contributed by atoms with Crippen LogP contribution in [0.1, 0.15) is 19.3 Å². The highest BCUT2D eigenvalue weighted by Crippen LogP contribution is 2.14. The fraction of sp³-hybridized carbons (Fsp3) is 0.375. The molecule has 1 saturated heterocycles. The van der Waals surface area contributed by atoms with E-state index in [1.165, 1.54) is 0 Å². The summed E-state index contributed by atoms with van der Waals surface area (Å²) in [4.78, 5) is 16.4. The predicted octanol–water partition coefficient (Wildman–Crippen LogP) is 2.56. The number of carbonyl (C=O) groups excluding carboxylic acids is 1. The van der Waals surface area contributed by atoms with Crippen LogP contribution in [0, 0.1) is 0 Å². The Labute approximate surface area is 129 Å². The van der Waals surface area contributed by atoms with Gasteiger partial charge in [0, 0.05) is 37.3 Å². The summed E-state index contributed by atoms with van der Waals surface area (Å²) < 4.78 is 7.24. The van der Waals surface area contributed by atoms with Crippen LogP contribution in [-0.4, -0.2) is 34.8 Å². The van der Waals surface area contributed by atoms with Crippen LogP contribution in [0.5, 0.6) is 0 Å². The van der Waals surface area contributed by atoms with Crippen molar-refractivity contribution in [2.24, 2.45) is 0 Å². The molecule has 1 aromatic carbocycles. The lowest BCUT2D eigenvalue weighted by atomic mass is 10.1. The largest absolute Gasteiger partial charge is 0.381 e. The first-order valence-electron chi connectivity index (χ1n) is 7.57. The van der Waals surface area contributed by atoms with E-state index in [1.807, 2.05) is 41.1 Å². The molecule has 2 heterocycles. The van der Waals surface area contributed by atoms with Gasteiger partial charge in [0.1, 0.15) is 0 Å². The highest BCUT2D eigenvalue weighted by atomic mass is 16.5. The molecule has 1 unspecified atom stereocenters. The molecule has 0 saturated carbocycles. The van der Waals surface area contributed by atoms with Gasteiger partial charge in [-0.3, -0.25) is 9.88 Å². The van der Waals surface area contributed by atoms with Gasteiger partial charge in [-0.05, 0) is 31.4 Å². The highest BCUT2D eigenvalue weighted by molar-refractivity contribution is 5.88. The molecule has 116 valence electrons. The number of urea groups is 1. The third-order valence-electron chi connectivity index (χ3n) is 3.69. The summed E-state index contributed by atoms with van der Waals surface area (Å²) in [6, 6.07) is 9.71. The van der Waals surface area contributed by atoms with Crippen LogP contribution in [-0.2, 0) is 4.74 Å². The Morgan fingerprint density at radius 2 is 2.09 bits per heavy atom. The molecule has 0 radical (unpaired) electrons. The third kappa shape index (κ3) is 3.65. The Balaban J connectivity index is 1.63. The highest BCUT2D eigenvalue weighted by Gasteiger charge is 2.16. The monoisotopic (exact) mass is 300 g/mol. The van der Waals surface area contributed by atoms with Crippen molar-refractivity contribution in [3.8, 4) is 5.69 Å². The first-order valence-corrected chi connectivity index (χ1v) is 7.57. The van der Waals surface area contributed by atoms with Crippen molar-refractivity contribution in [3.63, 3.8) is 0 Å². The van der Waals surface area contributed by atoms with Crippen molar-refractivity contribution in [2.75, 3.05) is 18.5 Å². The number of carbonyl (C=O) groups is 1. The maximum Gasteiger partial charge on any atom is 0.321 e. The minimum absolute atomic E-state index is 0.155. The van der Waals surface area contributed by atoms with Crippen molar-refractivity contribution in [2.45, 2.75) is 25.3 Å². The van der Waals surface area contributed by atoms with E-state index in [2.05, 4.69) is 15.6 Å². The maximum absolute atomic E-state index is 12.2. The first-order chi connectivity index (χ1) is 10.8. The zero-order valence-electron chi connectivity index (χ0n) is 12.4. The lowest BCUT2D eigenvalue weighted by molar-refractivity contribution is 0.143. The maximum atomic E-state index is 12.2. The van der Waals surface area contributed by atoms with E-state index in [1.54, 1.807) is 6.20 Å². The minimum Gasteiger partial charge on any atom is -0.381 e. The van der Waals surface area contributed by atoms with Gasteiger partial charge in [0.15, 0.2) is 0 Å². The van der Waals surface area contributed by atoms with E-state index in [-0.39, 0.29) is 12.1 Å². The number of para-hydroxylation sites is 1. The van der Waals surface area contributed by atoms with E-state index in [9.17, 15) is 4.79 Å². The van der Waals surface area contributed by atoms with Crippen molar-refractivity contribution in [1.29, 1.82) is 0 Å². The van der Waals surface area contributed by atoms with E-state index in [0.717, 1.165) is 31.6 Å². The molecule has 2 aromatic rings. The summed E-state index contributed by atoms with van der Waals surface area (Å²) in [6.45, 7) is 1.47. The number of imidazole rings is 1. The molecule has 2 N–H and O–H groups in total. The van der Waals surface area contributed by atoms with Gasteiger partial charge in [-0.2, -0.15) is 0 Å². The minimum atomic E-state index is -0.227. The number of nitrogens with one attached hydrogen (secondary N) is 2. The summed E-state index contributed by atoms with van der Waals surface area (Å²) in [5.41, 5.74) is 0.957. The number of nitrogens with zero attached hydrogens (tertiary/aromatic N) is 2. The van der Waals surface area contributed by atoms with E-state index in [0.29, 0.717) is 12.6 Å². The quantitative estimate of drug-likeness (QED) is 0.915. The van der Waals surface area contributed by atoms with Crippen LogP contribution in [0.3, 0.4) is 0 Å². The summed E-state index contributed by atoms with van der Waals surface area (Å²) in [5.74, 6) is 0.508. The molecule has 1 fully saturated rings. The number of anilines is 1. The molecule has 2 amide bonds. The molecule has 6 heteroatoms. The summed E-state index contributed by atoms with van der Waals surface area (Å²) in [6.07, 6.45) is 6.26. The number of ether oxygens (including phenoxy) is 1. The second-order valence-electron chi connectivity index (χ2n) is 5.30. The molecular formula is C16H20N4O2. The number of benzene rings is 1. The number of amides is 2. The van der Waals surface area contributed by atoms with Crippen LogP contribution < -0.4 is 10.6 Å². The normalized spacial score (nSPS) is 18.5. The van der Waals surface area contributed by atoms with Crippen LogP contribution >= 0.6 is 0 Å². The van der Waals surface area contributed by atoms with Crippen molar-refractivity contribution in [1.82, 2.24) is 14.9 Å². The van der Waals surface area contributed by atoms with E-state index < -0.39 is 0 Å². The molecule has 0 spiro atoms. The lowest BCUT2D eigenvalue weighted by Crippen LogP contribution is -2.38. The molecular weight excluding hydrogens is 280 g/mol. The van der Waals surface area contributed by atoms with Gasteiger partial charge in [0.05, 0.1) is 0 Å². The van der Waals surface area contributed by atoms with Crippen LogP contribution in [0.2, 0.25) is 0 Å². The van der Waals surface area contributed by atoms with Crippen molar-refractivity contribution >= 4 is 12.0 Å². The first kappa shape index (κ1) is 14.6. The Morgan fingerprint density at radius 1 is 1.23 bits per heavy atom. The fourth-order valence-electron chi connectivity index (χ4n) is 2.56. The molecule has 6 nitrogen and oxygen atoms in total. The second kappa shape index (κ2) is 7.09. The number of rotatable bonds is 3. The third-order valence-corrected chi connectivity index (χ3v) is 3.69. The zero-order valence-corrected chi connectivity index (χ0v) is 12.4. The second-order valence-corrected chi connectivity index (χ2v) is 5.30. The Kier molecular flexibility index (Phi) is 4.70. The van der Waals surface area contributed by atoms with Gasteiger partial charge in [-0.15, -0.1) is 0 Å². The fourth-order valence-corrected chi connectivity index (χ4v) is 2.56. The Bertz CT molecular complexity index is 604. The van der Waals surface area contributed by atoms with Gasteiger partial charge >= 0.3 is 6.03 Å². The molecule has 1 aromatic heterocycles. The van der Waals surface area contributed by atoms with Crippen molar-refractivity contribution in [3.05, 3.63) is 42.7 Å². The van der Waals surface area contributed by atoms with Gasteiger partial charge in [-0.1, -0.05) is 18.2 Å². The van der Waals surface area contributed by atoms with Crippen LogP contribution in [0.15, 0.2) is 42.7 Å². The van der Waals surface area contributed by atoms with Gasteiger partial charge in [0.2, 0.25) is 5.95 Å². The van der Waals surface area contributed by atoms with E-state index in [4.69, 9.17) is 4.74 Å². The molecule has 1 aliphatic rings. The Hall–Kier alpha value is -2.34. The lowest BCUT2D eigenvalue weighted by Gasteiger charge is -2.16. The smallest absolute Gasteiger partial charge is 0.321 e. The molecule has 22 heavy (non-hydrogen) atoms. The van der Waals surface area contributed by atoms with Gasteiger partial charge in [0.25, 0.3) is 0 Å². The molecule has 1 aliphatic heterocycles. The Morgan fingerprint density at radius 3 is 2.95 bits per heavy atom. The van der Waals surface area contributed by atoms with Gasteiger partial charge in [-0.25, -0.2) is 9.78 Å². The average Bonchev–Trinajstić information content (AvgIpc) is 2.83. The average molecular weight is 300 g/mol. The number of aromatic nitrogens is 2. The predicted molar refractivity (Wildman–Crippen MR) is 84.2 cm³/mol. The van der Waals surface area contributed by atoms with Crippen molar-refractivity contribution < 1.29 is 9.53 Å². The molecule has 3 rings (SSSR count). The summed E-state index contributed by atoms with van der Waals surface area (Å²) in [5, 5.41) is 5.81. The number of hydrogen-bond donors (Lipinski definition) is 2. The number of hydrogen-bond acceptors (Lipinski definition) is 3. The van der Waals surface area contributed by atoms with Gasteiger partial charge < -0.3 is 10.1 Å². The standard InChI is InChI=1S/C16H20N4O2/c21-16(18-13-5-4-11-22-12-8-13)19-15-17-9-10-20(15)14-6-2-1-3-7-14/h1-3,6-7,9-10,13H,4-5,8,11-12H2,(H2,17,18,19,21). The molecule has 0 bridgehead atoms. The van der Waals surface area contributed by atoms with E-state index >= 15 is 0 Å². The van der Waals surface area contributed by atoms with Crippen LogP contribution in [0.25, 0.3) is 5.69 Å². The summed E-state index contributed by atoms with van der Waals surface area (Å²) in [7, 11) is 0.